The van der Waals surface area contributed by atoms with Gasteiger partial charge in [-0.05, 0) is 42.3 Å². The molecule has 0 aliphatic carbocycles. The maximum Gasteiger partial charge on any atom is 0.307 e. The van der Waals surface area contributed by atoms with E-state index in [9.17, 15) is 9.18 Å². The molecule has 0 bridgehead atoms. The molecule has 2 rings (SSSR count). The molecule has 128 valence electrons. The van der Waals surface area contributed by atoms with Crippen LogP contribution in [0, 0.1) is 5.82 Å². The van der Waals surface area contributed by atoms with Gasteiger partial charge in [-0.1, -0.05) is 24.3 Å². The first-order valence-electron chi connectivity index (χ1n) is 8.00. The Morgan fingerprint density at radius 3 is 2.38 bits per heavy atom. The number of hydrogen-bond acceptors (Lipinski definition) is 4. The summed E-state index contributed by atoms with van der Waals surface area (Å²) in [7, 11) is 0. The van der Waals surface area contributed by atoms with Gasteiger partial charge in [-0.2, -0.15) is 0 Å². The van der Waals surface area contributed by atoms with E-state index >= 15 is 0 Å². The second kappa shape index (κ2) is 9.67. The molecule has 0 aliphatic rings. The third kappa shape index (κ3) is 6.38. The van der Waals surface area contributed by atoms with Gasteiger partial charge in [0.05, 0.1) is 13.0 Å². The lowest BCUT2D eigenvalue weighted by molar-refractivity contribution is -0.142. The average Bonchev–Trinajstić information content (AvgIpc) is 2.59. The highest BCUT2D eigenvalue weighted by Gasteiger charge is 2.01. The van der Waals surface area contributed by atoms with E-state index in [1.807, 2.05) is 24.3 Å². The average molecular weight is 331 g/mol. The van der Waals surface area contributed by atoms with Crippen LogP contribution in [0.4, 0.5) is 4.39 Å². The monoisotopic (exact) mass is 331 g/mol. The Labute approximate surface area is 141 Å². The second-order valence-corrected chi connectivity index (χ2v) is 5.29. The Bertz CT molecular complexity index is 626. The Morgan fingerprint density at radius 2 is 1.71 bits per heavy atom. The number of benzene rings is 2. The summed E-state index contributed by atoms with van der Waals surface area (Å²) < 4.78 is 23.4. The summed E-state index contributed by atoms with van der Waals surface area (Å²) in [6.45, 7) is 3.87. The minimum absolute atomic E-state index is 0.186. The smallest absolute Gasteiger partial charge is 0.307 e. The zero-order valence-corrected chi connectivity index (χ0v) is 13.8. The van der Waals surface area contributed by atoms with Gasteiger partial charge in [0.15, 0.2) is 0 Å². The Balaban J connectivity index is 1.70. The summed E-state index contributed by atoms with van der Waals surface area (Å²) in [6, 6.07) is 14.0. The maximum atomic E-state index is 12.8. The molecule has 0 aromatic heterocycles. The fourth-order valence-electron chi connectivity index (χ4n) is 2.11. The van der Waals surface area contributed by atoms with E-state index in [1.54, 1.807) is 19.1 Å². The lowest BCUT2D eigenvalue weighted by Gasteiger charge is -2.08. The normalized spacial score (nSPS) is 10.4. The molecule has 1 N–H and O–H groups in total. The highest BCUT2D eigenvalue weighted by atomic mass is 19.1. The van der Waals surface area contributed by atoms with E-state index in [0.29, 0.717) is 32.7 Å². The van der Waals surface area contributed by atoms with Gasteiger partial charge in [-0.25, -0.2) is 4.39 Å². The van der Waals surface area contributed by atoms with Crippen LogP contribution in [0.25, 0.3) is 0 Å². The van der Waals surface area contributed by atoms with Gasteiger partial charge in [-0.15, -0.1) is 0 Å². The van der Waals surface area contributed by atoms with Crippen molar-refractivity contribution >= 4 is 5.97 Å². The van der Waals surface area contributed by atoms with Crippen molar-refractivity contribution in [2.45, 2.75) is 26.5 Å². The molecule has 0 saturated carbocycles. The fourth-order valence-corrected chi connectivity index (χ4v) is 2.11. The van der Waals surface area contributed by atoms with Crippen molar-refractivity contribution in [3.8, 4) is 5.75 Å². The lowest BCUT2D eigenvalue weighted by Crippen LogP contribution is -2.18. The third-order valence-corrected chi connectivity index (χ3v) is 3.38. The number of ether oxygens (including phenoxy) is 2. The standard InChI is InChI=1S/C19H22FNO3/c1-2-23-19(22)11-12-21-13-15-5-9-18(10-6-15)24-14-16-3-7-17(20)8-4-16/h3-10,21H,2,11-14H2,1H3. The van der Waals surface area contributed by atoms with Crippen molar-refractivity contribution in [1.29, 1.82) is 0 Å². The molecule has 0 unspecified atom stereocenters. The predicted molar refractivity (Wildman–Crippen MR) is 90.1 cm³/mol. The molecule has 0 saturated heterocycles. The summed E-state index contributed by atoms with van der Waals surface area (Å²) in [4.78, 5) is 11.2. The number of halogens is 1. The minimum Gasteiger partial charge on any atom is -0.489 e. The first kappa shape index (κ1) is 17.9. The maximum absolute atomic E-state index is 12.8. The molecular formula is C19H22FNO3. The van der Waals surface area contributed by atoms with Crippen molar-refractivity contribution in [2.24, 2.45) is 0 Å². The molecule has 0 amide bonds. The first-order valence-corrected chi connectivity index (χ1v) is 8.00. The molecule has 0 heterocycles. The summed E-state index contributed by atoms with van der Waals surface area (Å²) in [5.74, 6) is 0.322. The lowest BCUT2D eigenvalue weighted by atomic mass is 10.2. The van der Waals surface area contributed by atoms with Crippen LogP contribution in [0.1, 0.15) is 24.5 Å². The Hall–Kier alpha value is -2.40. The van der Waals surface area contributed by atoms with Gasteiger partial charge in [0.1, 0.15) is 18.2 Å². The zero-order valence-electron chi connectivity index (χ0n) is 13.8. The highest BCUT2D eigenvalue weighted by Crippen LogP contribution is 2.14. The summed E-state index contributed by atoms with van der Waals surface area (Å²) in [5, 5.41) is 3.20. The van der Waals surface area contributed by atoms with E-state index in [0.717, 1.165) is 16.9 Å². The zero-order chi connectivity index (χ0) is 17.2. The van der Waals surface area contributed by atoms with Gasteiger partial charge >= 0.3 is 5.97 Å². The van der Waals surface area contributed by atoms with E-state index in [-0.39, 0.29) is 11.8 Å². The number of hydrogen-bond donors (Lipinski definition) is 1. The SMILES string of the molecule is CCOC(=O)CCNCc1ccc(OCc2ccc(F)cc2)cc1. The van der Waals surface area contributed by atoms with Crippen LogP contribution in [0.2, 0.25) is 0 Å². The van der Waals surface area contributed by atoms with Crippen molar-refractivity contribution in [3.05, 3.63) is 65.5 Å². The molecule has 5 heteroatoms. The van der Waals surface area contributed by atoms with Crippen LogP contribution < -0.4 is 10.1 Å². The van der Waals surface area contributed by atoms with E-state index in [1.165, 1.54) is 12.1 Å². The molecule has 2 aromatic carbocycles. The topological polar surface area (TPSA) is 47.6 Å². The second-order valence-electron chi connectivity index (χ2n) is 5.29. The van der Waals surface area contributed by atoms with Crippen molar-refractivity contribution < 1.29 is 18.7 Å². The minimum atomic E-state index is -0.251. The van der Waals surface area contributed by atoms with Crippen LogP contribution in [0.3, 0.4) is 0 Å². The van der Waals surface area contributed by atoms with Gasteiger partial charge in [0, 0.05) is 13.1 Å². The summed E-state index contributed by atoms with van der Waals surface area (Å²) in [5.41, 5.74) is 2.02. The summed E-state index contributed by atoms with van der Waals surface area (Å²) >= 11 is 0. The largest absolute Gasteiger partial charge is 0.489 e. The number of rotatable bonds is 9. The third-order valence-electron chi connectivity index (χ3n) is 3.38. The summed E-state index contributed by atoms with van der Waals surface area (Å²) in [6.07, 6.45) is 0.368. The van der Waals surface area contributed by atoms with E-state index < -0.39 is 0 Å². The highest BCUT2D eigenvalue weighted by molar-refractivity contribution is 5.69. The quantitative estimate of drug-likeness (QED) is 0.565. The molecule has 2 aromatic rings. The Morgan fingerprint density at radius 1 is 1.04 bits per heavy atom. The fraction of sp³-hybridized carbons (Fsp3) is 0.316. The number of carbonyl (C=O) groups is 1. The van der Waals surface area contributed by atoms with Gasteiger partial charge in [0.25, 0.3) is 0 Å². The van der Waals surface area contributed by atoms with Crippen molar-refractivity contribution in [1.82, 2.24) is 5.32 Å². The van der Waals surface area contributed by atoms with E-state index in [4.69, 9.17) is 9.47 Å². The van der Waals surface area contributed by atoms with Gasteiger partial charge < -0.3 is 14.8 Å². The van der Waals surface area contributed by atoms with Crippen molar-refractivity contribution in [3.63, 3.8) is 0 Å². The van der Waals surface area contributed by atoms with Gasteiger partial charge in [0.2, 0.25) is 0 Å². The van der Waals surface area contributed by atoms with Crippen LogP contribution in [-0.4, -0.2) is 19.1 Å². The molecule has 4 nitrogen and oxygen atoms in total. The molecule has 0 radical (unpaired) electrons. The molecule has 0 atom stereocenters. The van der Waals surface area contributed by atoms with Gasteiger partial charge in [-0.3, -0.25) is 4.79 Å². The van der Waals surface area contributed by atoms with Crippen LogP contribution in [0.5, 0.6) is 5.75 Å². The van der Waals surface area contributed by atoms with Crippen LogP contribution in [-0.2, 0) is 22.7 Å². The molecule has 0 aliphatic heterocycles. The number of esters is 1. The van der Waals surface area contributed by atoms with Crippen molar-refractivity contribution in [2.75, 3.05) is 13.2 Å². The van der Waals surface area contributed by atoms with Crippen LogP contribution in [0.15, 0.2) is 48.5 Å². The first-order chi connectivity index (χ1) is 11.7. The van der Waals surface area contributed by atoms with Crippen LogP contribution >= 0.6 is 0 Å². The molecular weight excluding hydrogens is 309 g/mol. The number of nitrogens with one attached hydrogen (secondary N) is 1. The molecule has 0 fully saturated rings. The Kier molecular flexibility index (Phi) is 7.23. The predicted octanol–water partition coefficient (Wildman–Crippen LogP) is 3.45. The molecule has 0 spiro atoms. The van der Waals surface area contributed by atoms with E-state index in [2.05, 4.69) is 5.32 Å². The number of carbonyl (C=O) groups excluding carboxylic acids is 1. The molecule has 24 heavy (non-hydrogen) atoms.